The Kier molecular flexibility index (Phi) is 2.90. The molecule has 0 N–H and O–H groups in total. The minimum absolute atomic E-state index is 0.0714. The van der Waals surface area contributed by atoms with Gasteiger partial charge >= 0.3 is 0 Å². The van der Waals surface area contributed by atoms with Crippen molar-refractivity contribution >= 4 is 17.2 Å². The van der Waals surface area contributed by atoms with E-state index in [2.05, 4.69) is 15.3 Å². The molecule has 1 aromatic rings. The number of β-lactam (4-membered cyclic amide) rings is 1. The molecule has 1 aromatic heterocycles. The van der Waals surface area contributed by atoms with Crippen LogP contribution in [-0.2, 0) is 11.3 Å². The van der Waals surface area contributed by atoms with Crippen LogP contribution in [-0.4, -0.2) is 47.4 Å². The normalized spacial score (nSPS) is 28.8. The van der Waals surface area contributed by atoms with E-state index in [1.54, 1.807) is 11.3 Å². The third-order valence-corrected chi connectivity index (χ3v) is 4.87. The van der Waals surface area contributed by atoms with Crippen LogP contribution in [0.2, 0.25) is 0 Å². The summed E-state index contributed by atoms with van der Waals surface area (Å²) in [5.74, 6) is 0.335. The fraction of sp³-hybridized carbons (Fsp3) is 0.692. The first-order valence-electron chi connectivity index (χ1n) is 6.48. The fourth-order valence-electron chi connectivity index (χ4n) is 3.28. The molecule has 1 spiro atoms. The van der Waals surface area contributed by atoms with Crippen molar-refractivity contribution in [3.8, 4) is 0 Å². The van der Waals surface area contributed by atoms with Gasteiger partial charge in [-0.3, -0.25) is 9.69 Å². The molecule has 0 radical (unpaired) electrons. The van der Waals surface area contributed by atoms with Gasteiger partial charge in [-0.15, -0.1) is 11.3 Å². The molecule has 18 heavy (non-hydrogen) atoms. The average molecular weight is 265 g/mol. The van der Waals surface area contributed by atoms with Gasteiger partial charge in [0.1, 0.15) is 0 Å². The third-order valence-electron chi connectivity index (χ3n) is 4.05. The molecule has 2 aliphatic heterocycles. The fourth-order valence-corrected chi connectivity index (χ4v) is 3.89. The second-order valence-corrected chi connectivity index (χ2v) is 6.68. The Bertz CT molecular complexity index is 469. The van der Waals surface area contributed by atoms with Gasteiger partial charge in [0.2, 0.25) is 5.91 Å². The summed E-state index contributed by atoms with van der Waals surface area (Å²) in [4.78, 5) is 20.8. The Hall–Kier alpha value is -0.940. The largest absolute Gasteiger partial charge is 0.344 e. The van der Waals surface area contributed by atoms with Crippen LogP contribution in [0.15, 0.2) is 5.38 Å². The Morgan fingerprint density at radius 1 is 1.50 bits per heavy atom. The third kappa shape index (κ3) is 1.95. The molecular formula is C13H19N3OS. The second-order valence-electron chi connectivity index (χ2n) is 5.61. The van der Waals surface area contributed by atoms with Crippen LogP contribution in [0, 0.1) is 12.3 Å². The van der Waals surface area contributed by atoms with E-state index < -0.39 is 0 Å². The van der Waals surface area contributed by atoms with E-state index in [1.165, 1.54) is 0 Å². The van der Waals surface area contributed by atoms with Crippen molar-refractivity contribution in [1.29, 1.82) is 0 Å². The molecule has 98 valence electrons. The number of thiazole rings is 1. The molecule has 0 aromatic carbocycles. The summed E-state index contributed by atoms with van der Waals surface area (Å²) >= 11 is 1.70. The molecule has 2 saturated heterocycles. The number of aromatic nitrogens is 1. The number of nitrogens with zero attached hydrogens (tertiary/aromatic N) is 3. The SMILES string of the molecule is Cc1nc(CN2CCC[C@@]3(C2)CN(C)C3=O)cs1. The lowest BCUT2D eigenvalue weighted by molar-refractivity contribution is -0.163. The topological polar surface area (TPSA) is 36.4 Å². The zero-order valence-corrected chi connectivity index (χ0v) is 11.8. The molecule has 0 unspecified atom stereocenters. The lowest BCUT2D eigenvalue weighted by Crippen LogP contribution is -2.65. The number of carbonyl (C=O) groups is 1. The van der Waals surface area contributed by atoms with Crippen molar-refractivity contribution in [2.24, 2.45) is 5.41 Å². The van der Waals surface area contributed by atoms with Gasteiger partial charge in [0.05, 0.1) is 16.1 Å². The molecule has 2 aliphatic rings. The van der Waals surface area contributed by atoms with E-state index in [0.29, 0.717) is 5.91 Å². The molecule has 4 nitrogen and oxygen atoms in total. The molecule has 1 amide bonds. The summed E-state index contributed by atoms with van der Waals surface area (Å²) in [5.41, 5.74) is 1.08. The van der Waals surface area contributed by atoms with Gasteiger partial charge in [-0.25, -0.2) is 4.98 Å². The number of hydrogen-bond donors (Lipinski definition) is 0. The predicted molar refractivity (Wildman–Crippen MR) is 71.4 cm³/mol. The van der Waals surface area contributed by atoms with Crippen LogP contribution < -0.4 is 0 Å². The van der Waals surface area contributed by atoms with E-state index in [0.717, 1.165) is 49.7 Å². The Balaban J connectivity index is 1.66. The highest BCUT2D eigenvalue weighted by molar-refractivity contribution is 7.09. The van der Waals surface area contributed by atoms with Crippen molar-refractivity contribution in [3.05, 3.63) is 16.1 Å². The van der Waals surface area contributed by atoms with Crippen molar-refractivity contribution in [2.45, 2.75) is 26.3 Å². The van der Waals surface area contributed by atoms with Gasteiger partial charge in [0.25, 0.3) is 0 Å². The molecule has 0 saturated carbocycles. The molecule has 3 heterocycles. The average Bonchev–Trinajstić information content (AvgIpc) is 2.75. The first-order valence-corrected chi connectivity index (χ1v) is 7.36. The van der Waals surface area contributed by atoms with E-state index in [1.807, 2.05) is 18.9 Å². The number of rotatable bonds is 2. The number of carbonyl (C=O) groups excluding carboxylic acids is 1. The summed E-state index contributed by atoms with van der Waals surface area (Å²) in [5, 5.41) is 3.25. The first-order chi connectivity index (χ1) is 8.59. The van der Waals surface area contributed by atoms with Gasteiger partial charge < -0.3 is 4.90 Å². The molecule has 0 bridgehead atoms. The zero-order valence-electron chi connectivity index (χ0n) is 11.0. The van der Waals surface area contributed by atoms with Gasteiger partial charge in [-0.2, -0.15) is 0 Å². The van der Waals surface area contributed by atoms with Crippen molar-refractivity contribution in [2.75, 3.05) is 26.7 Å². The highest BCUT2D eigenvalue weighted by Crippen LogP contribution is 2.39. The number of piperidine rings is 1. The predicted octanol–water partition coefficient (Wildman–Crippen LogP) is 1.51. The van der Waals surface area contributed by atoms with Crippen LogP contribution in [0.25, 0.3) is 0 Å². The maximum absolute atomic E-state index is 12.0. The smallest absolute Gasteiger partial charge is 0.231 e. The van der Waals surface area contributed by atoms with Gasteiger partial charge in [0.15, 0.2) is 0 Å². The highest BCUT2D eigenvalue weighted by atomic mass is 32.1. The molecule has 5 heteroatoms. The number of aryl methyl sites for hydroxylation is 1. The van der Waals surface area contributed by atoms with Crippen molar-refractivity contribution < 1.29 is 4.79 Å². The van der Waals surface area contributed by atoms with Crippen LogP contribution in [0.4, 0.5) is 0 Å². The summed E-state index contributed by atoms with van der Waals surface area (Å²) in [6, 6.07) is 0. The number of amides is 1. The molecular weight excluding hydrogens is 246 g/mol. The van der Waals surface area contributed by atoms with Crippen molar-refractivity contribution in [1.82, 2.24) is 14.8 Å². The monoisotopic (exact) mass is 265 g/mol. The summed E-state index contributed by atoms with van der Waals surface area (Å²) < 4.78 is 0. The van der Waals surface area contributed by atoms with E-state index in [9.17, 15) is 4.79 Å². The minimum atomic E-state index is -0.0714. The Labute approximate surface area is 112 Å². The van der Waals surface area contributed by atoms with Crippen LogP contribution in [0.3, 0.4) is 0 Å². The number of likely N-dealkylation sites (tertiary alicyclic amines) is 2. The lowest BCUT2D eigenvalue weighted by Gasteiger charge is -2.51. The maximum Gasteiger partial charge on any atom is 0.231 e. The highest BCUT2D eigenvalue weighted by Gasteiger charge is 2.52. The lowest BCUT2D eigenvalue weighted by atomic mass is 9.72. The summed E-state index contributed by atoms with van der Waals surface area (Å²) in [6.07, 6.45) is 2.19. The standard InChI is InChI=1S/C13H19N3OS/c1-10-14-11(7-18-10)6-16-5-3-4-13(9-16)8-15(2)12(13)17/h7H,3-6,8-9H2,1-2H3/t13-/m0/s1. The molecule has 2 fully saturated rings. The van der Waals surface area contributed by atoms with Gasteiger partial charge in [-0.05, 0) is 26.3 Å². The summed E-state index contributed by atoms with van der Waals surface area (Å²) in [6.45, 7) is 5.86. The zero-order chi connectivity index (χ0) is 12.8. The van der Waals surface area contributed by atoms with E-state index >= 15 is 0 Å². The first kappa shape index (κ1) is 12.1. The molecule has 3 rings (SSSR count). The molecule has 1 atom stereocenters. The second kappa shape index (κ2) is 4.31. The summed E-state index contributed by atoms with van der Waals surface area (Å²) in [7, 11) is 1.90. The van der Waals surface area contributed by atoms with Crippen molar-refractivity contribution in [3.63, 3.8) is 0 Å². The Morgan fingerprint density at radius 2 is 2.33 bits per heavy atom. The van der Waals surface area contributed by atoms with Crippen LogP contribution in [0.1, 0.15) is 23.5 Å². The van der Waals surface area contributed by atoms with Crippen LogP contribution >= 0.6 is 11.3 Å². The Morgan fingerprint density at radius 3 is 2.94 bits per heavy atom. The number of hydrogen-bond acceptors (Lipinski definition) is 4. The minimum Gasteiger partial charge on any atom is -0.344 e. The van der Waals surface area contributed by atoms with Gasteiger partial charge in [0, 0.05) is 32.1 Å². The van der Waals surface area contributed by atoms with Gasteiger partial charge in [-0.1, -0.05) is 0 Å². The molecule has 0 aliphatic carbocycles. The van der Waals surface area contributed by atoms with E-state index in [4.69, 9.17) is 0 Å². The maximum atomic E-state index is 12.0. The van der Waals surface area contributed by atoms with E-state index in [-0.39, 0.29) is 5.41 Å². The van der Waals surface area contributed by atoms with Crippen LogP contribution in [0.5, 0.6) is 0 Å². The quantitative estimate of drug-likeness (QED) is 0.761.